The van der Waals surface area contributed by atoms with E-state index in [-0.39, 0.29) is 11.7 Å². The molecular formula is C10H21N3O3S. The van der Waals surface area contributed by atoms with Crippen LogP contribution in [0.5, 0.6) is 0 Å². The predicted molar refractivity (Wildman–Crippen MR) is 66.4 cm³/mol. The number of primary amides is 1. The fourth-order valence-corrected chi connectivity index (χ4v) is 2.39. The zero-order valence-corrected chi connectivity index (χ0v) is 11.1. The van der Waals surface area contributed by atoms with Gasteiger partial charge in [0.2, 0.25) is 5.91 Å². The Morgan fingerprint density at radius 2 is 1.59 bits per heavy atom. The van der Waals surface area contributed by atoms with E-state index in [4.69, 9.17) is 5.73 Å². The normalized spacial score (nSPS) is 19.4. The van der Waals surface area contributed by atoms with E-state index in [9.17, 15) is 13.2 Å². The van der Waals surface area contributed by atoms with E-state index < -0.39 is 9.84 Å². The van der Waals surface area contributed by atoms with Crippen molar-refractivity contribution in [2.45, 2.75) is 6.42 Å². The number of piperazine rings is 1. The van der Waals surface area contributed by atoms with Crippen LogP contribution in [0.4, 0.5) is 0 Å². The van der Waals surface area contributed by atoms with Crippen molar-refractivity contribution < 1.29 is 13.2 Å². The molecule has 0 atom stereocenters. The van der Waals surface area contributed by atoms with Crippen molar-refractivity contribution >= 4 is 15.7 Å². The average Bonchev–Trinajstić information content (AvgIpc) is 2.24. The van der Waals surface area contributed by atoms with Gasteiger partial charge < -0.3 is 10.6 Å². The summed E-state index contributed by atoms with van der Waals surface area (Å²) in [6.45, 7) is 4.76. The number of nitrogens with zero attached hydrogens (tertiary/aromatic N) is 2. The first-order valence-corrected chi connectivity index (χ1v) is 7.83. The molecule has 1 aliphatic heterocycles. The van der Waals surface area contributed by atoms with Crippen LogP contribution in [-0.4, -0.2) is 75.4 Å². The molecule has 6 nitrogen and oxygen atoms in total. The molecule has 0 unspecified atom stereocenters. The van der Waals surface area contributed by atoms with Gasteiger partial charge in [-0.05, 0) is 0 Å². The quantitative estimate of drug-likeness (QED) is 0.632. The Kier molecular flexibility index (Phi) is 5.35. The molecule has 1 heterocycles. The second-order valence-corrected chi connectivity index (χ2v) is 6.79. The summed E-state index contributed by atoms with van der Waals surface area (Å²) in [4.78, 5) is 15.0. The van der Waals surface area contributed by atoms with Crippen LogP contribution in [0, 0.1) is 0 Å². The Morgan fingerprint density at radius 3 is 2.00 bits per heavy atom. The summed E-state index contributed by atoms with van der Waals surface area (Å²) >= 11 is 0. The number of nitrogens with two attached hydrogens (primary N) is 1. The van der Waals surface area contributed by atoms with E-state index in [0.29, 0.717) is 19.5 Å². The number of rotatable bonds is 6. The number of amides is 1. The molecule has 1 amide bonds. The third-order valence-corrected chi connectivity index (χ3v) is 3.84. The van der Waals surface area contributed by atoms with Crippen molar-refractivity contribution in [3.8, 4) is 0 Å². The average molecular weight is 263 g/mol. The van der Waals surface area contributed by atoms with Gasteiger partial charge in [0.15, 0.2) is 0 Å². The van der Waals surface area contributed by atoms with E-state index in [2.05, 4.69) is 9.80 Å². The lowest BCUT2D eigenvalue weighted by Gasteiger charge is -2.34. The molecule has 0 spiro atoms. The molecule has 0 bridgehead atoms. The van der Waals surface area contributed by atoms with Gasteiger partial charge in [-0.25, -0.2) is 8.42 Å². The largest absolute Gasteiger partial charge is 0.370 e. The summed E-state index contributed by atoms with van der Waals surface area (Å²) < 4.78 is 22.1. The Morgan fingerprint density at radius 1 is 1.12 bits per heavy atom. The highest BCUT2D eigenvalue weighted by Crippen LogP contribution is 2.02. The molecule has 0 aromatic rings. The van der Waals surface area contributed by atoms with Crippen LogP contribution >= 0.6 is 0 Å². The third kappa shape index (κ3) is 6.60. The van der Waals surface area contributed by atoms with E-state index in [1.54, 1.807) is 0 Å². The standard InChI is InChI=1S/C10H21N3O3S/c1-17(15,16)9-8-13-6-4-12(5-7-13)3-2-10(11)14/h2-9H2,1H3,(H2,11,14). The molecule has 2 N–H and O–H groups in total. The summed E-state index contributed by atoms with van der Waals surface area (Å²) in [6, 6.07) is 0. The van der Waals surface area contributed by atoms with Crippen LogP contribution in [0.15, 0.2) is 0 Å². The summed E-state index contributed by atoms with van der Waals surface area (Å²) in [7, 11) is -2.87. The second kappa shape index (κ2) is 6.32. The summed E-state index contributed by atoms with van der Waals surface area (Å²) in [5, 5.41) is 0. The molecule has 7 heteroatoms. The molecule has 1 fully saturated rings. The Balaban J connectivity index is 2.19. The number of hydrogen-bond donors (Lipinski definition) is 1. The highest BCUT2D eigenvalue weighted by atomic mass is 32.2. The molecule has 0 aromatic carbocycles. The number of carbonyl (C=O) groups is 1. The minimum Gasteiger partial charge on any atom is -0.370 e. The van der Waals surface area contributed by atoms with Gasteiger partial charge >= 0.3 is 0 Å². The lowest BCUT2D eigenvalue weighted by Crippen LogP contribution is -2.48. The van der Waals surface area contributed by atoms with Crippen molar-refractivity contribution in [1.29, 1.82) is 0 Å². The van der Waals surface area contributed by atoms with Gasteiger partial charge in [0, 0.05) is 51.9 Å². The van der Waals surface area contributed by atoms with Gasteiger partial charge in [0.1, 0.15) is 9.84 Å². The van der Waals surface area contributed by atoms with Crippen molar-refractivity contribution in [2.24, 2.45) is 5.73 Å². The second-order valence-electron chi connectivity index (χ2n) is 4.53. The lowest BCUT2D eigenvalue weighted by atomic mass is 10.3. The van der Waals surface area contributed by atoms with E-state index in [1.165, 1.54) is 6.26 Å². The SMILES string of the molecule is CS(=O)(=O)CCN1CCN(CCC(N)=O)CC1. The van der Waals surface area contributed by atoms with Crippen LogP contribution < -0.4 is 5.73 Å². The Bertz CT molecular complexity index is 348. The third-order valence-electron chi connectivity index (χ3n) is 2.92. The smallest absolute Gasteiger partial charge is 0.218 e. The van der Waals surface area contributed by atoms with Crippen LogP contribution in [0.2, 0.25) is 0 Å². The lowest BCUT2D eigenvalue weighted by molar-refractivity contribution is -0.118. The van der Waals surface area contributed by atoms with Crippen molar-refractivity contribution in [3.05, 3.63) is 0 Å². The summed E-state index contributed by atoms with van der Waals surface area (Å²) in [6.07, 6.45) is 1.65. The highest BCUT2D eigenvalue weighted by Gasteiger charge is 2.17. The minimum absolute atomic E-state index is 0.217. The number of sulfone groups is 1. The molecule has 0 radical (unpaired) electrons. The molecule has 1 rings (SSSR count). The van der Waals surface area contributed by atoms with Gasteiger partial charge in [-0.15, -0.1) is 0 Å². The monoisotopic (exact) mass is 263 g/mol. The zero-order chi connectivity index (χ0) is 12.9. The van der Waals surface area contributed by atoms with Gasteiger partial charge in [0.05, 0.1) is 5.75 Å². The summed E-state index contributed by atoms with van der Waals surface area (Å²) in [5.41, 5.74) is 5.09. The fraction of sp³-hybridized carbons (Fsp3) is 0.900. The van der Waals surface area contributed by atoms with Crippen LogP contribution in [0.1, 0.15) is 6.42 Å². The maximum Gasteiger partial charge on any atom is 0.218 e. The molecule has 100 valence electrons. The first-order chi connectivity index (χ1) is 7.87. The zero-order valence-electron chi connectivity index (χ0n) is 10.3. The van der Waals surface area contributed by atoms with Crippen LogP contribution in [-0.2, 0) is 14.6 Å². The van der Waals surface area contributed by atoms with Gasteiger partial charge in [-0.1, -0.05) is 0 Å². The molecule has 1 saturated heterocycles. The molecule has 1 aliphatic rings. The molecule has 17 heavy (non-hydrogen) atoms. The van der Waals surface area contributed by atoms with Gasteiger partial charge in [-0.2, -0.15) is 0 Å². The van der Waals surface area contributed by atoms with Gasteiger partial charge in [0.25, 0.3) is 0 Å². The predicted octanol–water partition coefficient (Wildman–Crippen LogP) is -1.48. The van der Waals surface area contributed by atoms with E-state index >= 15 is 0 Å². The van der Waals surface area contributed by atoms with Crippen LogP contribution in [0.3, 0.4) is 0 Å². The molecule has 0 aliphatic carbocycles. The Hall–Kier alpha value is -0.660. The maximum absolute atomic E-state index is 11.0. The van der Waals surface area contributed by atoms with Crippen molar-refractivity contribution in [3.63, 3.8) is 0 Å². The first kappa shape index (κ1) is 14.4. The Labute approximate surface area is 103 Å². The maximum atomic E-state index is 11.0. The fourth-order valence-electron chi connectivity index (χ4n) is 1.80. The van der Waals surface area contributed by atoms with Crippen molar-refractivity contribution in [2.75, 3.05) is 51.3 Å². The first-order valence-electron chi connectivity index (χ1n) is 5.77. The highest BCUT2D eigenvalue weighted by molar-refractivity contribution is 7.90. The number of carbonyl (C=O) groups excluding carboxylic acids is 1. The minimum atomic E-state index is -2.87. The van der Waals surface area contributed by atoms with Gasteiger partial charge in [-0.3, -0.25) is 9.69 Å². The molecule has 0 aromatic heterocycles. The summed E-state index contributed by atoms with van der Waals surface area (Å²) in [5.74, 6) is -0.0571. The number of hydrogen-bond acceptors (Lipinski definition) is 5. The van der Waals surface area contributed by atoms with E-state index in [1.807, 2.05) is 0 Å². The molecular weight excluding hydrogens is 242 g/mol. The topological polar surface area (TPSA) is 83.7 Å². The molecule has 0 saturated carbocycles. The van der Waals surface area contributed by atoms with E-state index in [0.717, 1.165) is 26.2 Å². The van der Waals surface area contributed by atoms with Crippen LogP contribution in [0.25, 0.3) is 0 Å². The van der Waals surface area contributed by atoms with Crippen molar-refractivity contribution in [1.82, 2.24) is 9.80 Å².